The average molecular weight is 984 g/mol. The predicted molar refractivity (Wildman–Crippen MR) is 233 cm³/mol. The molecule has 0 saturated carbocycles. The van der Waals surface area contributed by atoms with Crippen LogP contribution in [0.1, 0.15) is 52.7 Å². The van der Waals surface area contributed by atoms with E-state index in [0.29, 0.717) is 5.56 Å². The van der Waals surface area contributed by atoms with Crippen molar-refractivity contribution in [1.82, 2.24) is 0 Å². The number of ether oxygens (including phenoxy) is 10. The van der Waals surface area contributed by atoms with Crippen LogP contribution < -0.4 is 0 Å². The van der Waals surface area contributed by atoms with E-state index < -0.39 is 126 Å². The molecule has 0 amide bonds. The van der Waals surface area contributed by atoms with Crippen molar-refractivity contribution >= 4 is 84.3 Å². The zero-order valence-electron chi connectivity index (χ0n) is 36.2. The fraction of sp³-hybridized carbons (Fsp3) is 0.595. The fourth-order valence-electron chi connectivity index (χ4n) is 7.13. The molecule has 0 unspecified atom stereocenters. The monoisotopic (exact) mass is 981 g/mol. The van der Waals surface area contributed by atoms with E-state index in [0.717, 1.165) is 19.4 Å². The number of halogens is 4. The Morgan fingerprint density at radius 1 is 0.714 bits per heavy atom. The second kappa shape index (κ2) is 22.4. The average Bonchev–Trinajstić information content (AvgIpc) is 3.20. The Morgan fingerprint density at radius 3 is 1.73 bits per heavy atom. The molecule has 4 rings (SSSR count). The van der Waals surface area contributed by atoms with Crippen molar-refractivity contribution < 1.29 is 71.7 Å². The summed E-state index contributed by atoms with van der Waals surface area (Å²) < 4.78 is 58.8. The van der Waals surface area contributed by atoms with Crippen LogP contribution in [-0.4, -0.2) is 126 Å². The molecule has 350 valence electrons. The van der Waals surface area contributed by atoms with Crippen molar-refractivity contribution in [3.05, 3.63) is 71.8 Å². The van der Waals surface area contributed by atoms with Gasteiger partial charge in [-0.15, -0.1) is 11.6 Å². The number of hydrogen-bond donors (Lipinski definition) is 2. The molecule has 2 aromatic rings. The maximum absolute atomic E-state index is 13.7. The van der Waals surface area contributed by atoms with Crippen molar-refractivity contribution in [3.8, 4) is 0 Å². The molecular weight excluding hydrogens is 928 g/mol. The number of carbonyl (C=O) groups is 4. The number of rotatable bonds is 17. The highest BCUT2D eigenvalue weighted by atomic mass is 35.6. The van der Waals surface area contributed by atoms with Gasteiger partial charge in [-0.2, -0.15) is 0 Å². The number of hydrogen-bond acceptors (Lipinski definition) is 16. The van der Waals surface area contributed by atoms with Gasteiger partial charge in [-0.25, -0.2) is 0 Å². The van der Waals surface area contributed by atoms with Gasteiger partial charge in [0.15, 0.2) is 18.5 Å². The smallest absolute Gasteiger partial charge is 0.320 e. The lowest BCUT2D eigenvalue weighted by Crippen LogP contribution is -2.80. The first-order valence-corrected chi connectivity index (χ1v) is 24.6. The van der Waals surface area contributed by atoms with Crippen LogP contribution in [0.4, 0.5) is 0 Å². The Bertz CT molecular complexity index is 1870. The maximum Gasteiger partial charge on any atom is 0.320 e. The second-order valence-electron chi connectivity index (χ2n) is 16.5. The molecule has 2 aromatic carbocycles. The number of alkyl halides is 4. The lowest BCUT2D eigenvalue weighted by molar-refractivity contribution is -0.368. The molecule has 63 heavy (non-hydrogen) atoms. The third kappa shape index (κ3) is 13.5. The lowest BCUT2D eigenvalue weighted by atomic mass is 9.95. The molecule has 21 heteroatoms. The van der Waals surface area contributed by atoms with Crippen LogP contribution in [0.3, 0.4) is 0 Å². The summed E-state index contributed by atoms with van der Waals surface area (Å²) in [5, 5.41) is 19.3. The van der Waals surface area contributed by atoms with Gasteiger partial charge in [-0.1, -0.05) is 129 Å². The topological polar surface area (TPSA) is 205 Å². The van der Waals surface area contributed by atoms with Gasteiger partial charge in [0.05, 0.1) is 21.3 Å². The molecule has 0 bridgehead atoms. The maximum atomic E-state index is 13.7. The molecule has 16 nitrogen and oxygen atoms in total. The third-order valence-electron chi connectivity index (χ3n) is 11.1. The van der Waals surface area contributed by atoms with Crippen LogP contribution in [0.2, 0.25) is 18.1 Å². The summed E-state index contributed by atoms with van der Waals surface area (Å²) in [6, 6.07) is 18.0. The number of benzene rings is 2. The largest absolute Gasteiger partial charge is 0.463 e. The summed E-state index contributed by atoms with van der Waals surface area (Å²) in [6.07, 6.45) is -14.0. The van der Waals surface area contributed by atoms with Gasteiger partial charge >= 0.3 is 23.9 Å². The SMILES string of the molecule is CC(=O)OC[C@H]1O[C@H](OC(=N)C(Cl)(Cl)Cl)[C@H](OC(C)=O)[C@@H](O[C@@H]2O[C@H](COC(=O)CCl)[C@@H](OCc3ccccc3)[C@@](O)([Si](C)(C)C(C)(C)C)[C@H]2OC(C)=O)[C@@H]1OCc1ccccc1. The molecular formula is C42H55Cl4NO15Si. The molecule has 2 N–H and O–H groups in total. The molecule has 0 radical (unpaired) electrons. The molecule has 2 aliphatic heterocycles. The van der Waals surface area contributed by atoms with Crippen LogP contribution >= 0.6 is 46.4 Å². The molecule has 10 atom stereocenters. The summed E-state index contributed by atoms with van der Waals surface area (Å²) in [4.78, 5) is 51.0. The van der Waals surface area contributed by atoms with Crippen LogP contribution in [0.5, 0.6) is 0 Å². The third-order valence-corrected chi connectivity index (χ3v) is 18.2. The van der Waals surface area contributed by atoms with E-state index >= 15 is 0 Å². The van der Waals surface area contributed by atoms with E-state index in [1.54, 1.807) is 30.3 Å². The van der Waals surface area contributed by atoms with E-state index in [-0.39, 0.29) is 13.2 Å². The Kier molecular flexibility index (Phi) is 18.7. The van der Waals surface area contributed by atoms with Crippen molar-refractivity contribution in [1.29, 1.82) is 5.41 Å². The minimum atomic E-state index is -3.36. The van der Waals surface area contributed by atoms with Gasteiger partial charge in [0.25, 0.3) is 3.79 Å². The minimum Gasteiger partial charge on any atom is -0.463 e. The van der Waals surface area contributed by atoms with Crippen molar-refractivity contribution in [2.24, 2.45) is 0 Å². The first-order valence-electron chi connectivity index (χ1n) is 19.9. The van der Waals surface area contributed by atoms with Gasteiger partial charge in [-0.05, 0) is 16.2 Å². The van der Waals surface area contributed by atoms with E-state index in [4.69, 9.17) is 99.2 Å². The van der Waals surface area contributed by atoms with Crippen LogP contribution in [0.25, 0.3) is 0 Å². The number of carbonyl (C=O) groups excluding carboxylic acids is 4. The number of esters is 4. The molecule has 0 aliphatic carbocycles. The Morgan fingerprint density at radius 2 is 1.24 bits per heavy atom. The highest BCUT2D eigenvalue weighted by Gasteiger charge is 2.69. The Hall–Kier alpha value is -3.07. The van der Waals surface area contributed by atoms with Gasteiger partial charge in [0, 0.05) is 20.8 Å². The van der Waals surface area contributed by atoms with Gasteiger partial charge in [0.2, 0.25) is 12.2 Å². The van der Waals surface area contributed by atoms with Crippen molar-refractivity contribution in [2.75, 3.05) is 19.1 Å². The van der Waals surface area contributed by atoms with Crippen molar-refractivity contribution in [3.63, 3.8) is 0 Å². The first-order chi connectivity index (χ1) is 29.4. The quantitative estimate of drug-likeness (QED) is 0.0443. The highest BCUT2D eigenvalue weighted by molar-refractivity contribution is 6.83. The summed E-state index contributed by atoms with van der Waals surface area (Å²) in [6.45, 7) is 11.8. The number of aliphatic hydroxyl groups is 1. The molecule has 2 aliphatic rings. The summed E-state index contributed by atoms with van der Waals surface area (Å²) >= 11 is 23.9. The van der Waals surface area contributed by atoms with Crippen molar-refractivity contribution in [2.45, 2.75) is 137 Å². The van der Waals surface area contributed by atoms with Crippen LogP contribution in [0, 0.1) is 5.41 Å². The molecule has 0 aromatic heterocycles. The zero-order chi connectivity index (χ0) is 46.9. The molecule has 2 heterocycles. The normalized spacial score (nSPS) is 27.7. The van der Waals surface area contributed by atoms with Gasteiger partial charge in [-0.3, -0.25) is 24.6 Å². The summed E-state index contributed by atoms with van der Waals surface area (Å²) in [5.74, 6) is -4.68. The zero-order valence-corrected chi connectivity index (χ0v) is 40.2. The van der Waals surface area contributed by atoms with E-state index in [9.17, 15) is 24.3 Å². The lowest BCUT2D eigenvalue weighted by Gasteiger charge is -2.60. The molecule has 0 spiro atoms. The highest BCUT2D eigenvalue weighted by Crippen LogP contribution is 2.51. The molecule has 2 saturated heterocycles. The van der Waals surface area contributed by atoms with Gasteiger partial charge < -0.3 is 52.5 Å². The van der Waals surface area contributed by atoms with E-state index in [1.807, 2.05) is 64.2 Å². The summed E-state index contributed by atoms with van der Waals surface area (Å²) in [5.41, 5.74) is 1.41. The Labute approximate surface area is 387 Å². The fourth-order valence-corrected chi connectivity index (χ4v) is 10.4. The minimum absolute atomic E-state index is 0.0556. The van der Waals surface area contributed by atoms with E-state index in [2.05, 4.69) is 0 Å². The summed E-state index contributed by atoms with van der Waals surface area (Å²) in [7, 11) is -3.36. The molecule has 2 fully saturated rings. The predicted octanol–water partition coefficient (Wildman–Crippen LogP) is 6.34. The first kappa shape index (κ1) is 52.6. The van der Waals surface area contributed by atoms with E-state index in [1.165, 1.54) is 6.92 Å². The van der Waals surface area contributed by atoms with Gasteiger partial charge in [0.1, 0.15) is 54.8 Å². The number of nitrogens with one attached hydrogen (secondary N) is 1. The van der Waals surface area contributed by atoms with Crippen LogP contribution in [0.15, 0.2) is 60.7 Å². The Balaban J connectivity index is 1.98. The standard InChI is InChI=1S/C42H55Cl4NO15Si/c1-24(48)53-22-29-32(55-20-27-15-11-9-12-16-27)33(34(57-25(2)49)37(59-29)62-39(47)42(44,45)46)61-38-36(58-26(3)50)41(52,63(7,8)40(4,5)6)35(30(60-38)23-54-31(51)19-43)56-21-28-17-13-10-14-18-28/h9-18,29-30,32-38,47,52H,19-23H2,1-8H3/t29-,30-,32-,33+,34-,35-,36+,37-,38+,41-/m1/s1. The van der Waals surface area contributed by atoms with Crippen LogP contribution in [-0.2, 0) is 79.8 Å². The second-order valence-corrected chi connectivity index (χ2v) is 24.6.